The zero-order chi connectivity index (χ0) is 23.1. The van der Waals surface area contributed by atoms with E-state index in [9.17, 15) is 24.0 Å². The smallest absolute Gasteiger partial charge is 0.328 e. The Bertz CT molecular complexity index is 1290. The van der Waals surface area contributed by atoms with Crippen LogP contribution in [0.4, 0.5) is 10.5 Å². The molecule has 3 aromatic rings. The average molecular weight is 444 g/mol. The molecular weight excluding hydrogens is 428 g/mol. The number of aromatic nitrogens is 1. The lowest BCUT2D eigenvalue weighted by atomic mass is 9.89. The van der Waals surface area contributed by atoms with E-state index < -0.39 is 17.7 Å². The number of carbonyl (C=O) groups is 5. The van der Waals surface area contributed by atoms with E-state index in [1.165, 1.54) is 17.2 Å². The van der Waals surface area contributed by atoms with Gasteiger partial charge in [0.25, 0.3) is 5.91 Å². The van der Waals surface area contributed by atoms with Crippen LogP contribution in [0.2, 0.25) is 0 Å². The number of furan rings is 1. The summed E-state index contributed by atoms with van der Waals surface area (Å²) in [5.41, 5.74) is 1.61. The van der Waals surface area contributed by atoms with Gasteiger partial charge in [-0.25, -0.2) is 4.79 Å². The third-order valence-corrected chi connectivity index (χ3v) is 5.43. The average Bonchev–Trinajstić information content (AvgIpc) is 3.28. The van der Waals surface area contributed by atoms with E-state index in [-0.39, 0.29) is 59.4 Å². The molecule has 33 heavy (non-hydrogen) atoms. The first-order chi connectivity index (χ1) is 15.9. The molecule has 2 N–H and O–H groups in total. The highest BCUT2D eigenvalue weighted by Gasteiger charge is 2.34. The molecule has 0 unspecified atom stereocenters. The normalized spacial score (nSPS) is 15.1. The topological polar surface area (TPSA) is 139 Å². The fourth-order valence-electron chi connectivity index (χ4n) is 3.74. The number of fused-ring (bicyclic) bond motifs is 2. The van der Waals surface area contributed by atoms with Gasteiger partial charge in [0, 0.05) is 30.2 Å². The highest BCUT2D eigenvalue weighted by atomic mass is 16.4. The van der Waals surface area contributed by atoms with Crippen LogP contribution in [0.1, 0.15) is 54.7 Å². The summed E-state index contributed by atoms with van der Waals surface area (Å²) < 4.78 is 5.43. The lowest BCUT2D eigenvalue weighted by Gasteiger charge is -2.26. The Morgan fingerprint density at radius 2 is 1.79 bits per heavy atom. The highest BCUT2D eigenvalue weighted by Crippen LogP contribution is 2.29. The van der Waals surface area contributed by atoms with Gasteiger partial charge in [-0.1, -0.05) is 24.3 Å². The molecule has 3 heterocycles. The van der Waals surface area contributed by atoms with Crippen molar-refractivity contribution in [3.8, 4) is 0 Å². The number of hydrogen-bond donors (Lipinski definition) is 2. The Kier molecular flexibility index (Phi) is 4.82. The minimum atomic E-state index is -0.603. The fourth-order valence-corrected chi connectivity index (χ4v) is 3.74. The van der Waals surface area contributed by atoms with Gasteiger partial charge in [-0.15, -0.1) is 0 Å². The van der Waals surface area contributed by atoms with Gasteiger partial charge in [0.2, 0.25) is 11.7 Å². The van der Waals surface area contributed by atoms with Gasteiger partial charge in [0.05, 0.1) is 29.7 Å². The van der Waals surface area contributed by atoms with Crippen molar-refractivity contribution < 1.29 is 28.4 Å². The van der Waals surface area contributed by atoms with E-state index in [0.717, 1.165) is 0 Å². The predicted molar refractivity (Wildman–Crippen MR) is 113 cm³/mol. The molecule has 1 aliphatic heterocycles. The van der Waals surface area contributed by atoms with Crippen molar-refractivity contribution in [3.63, 3.8) is 0 Å². The van der Waals surface area contributed by atoms with E-state index in [2.05, 4.69) is 15.6 Å². The largest absolute Gasteiger partial charge is 0.447 e. The Balaban J connectivity index is 1.27. The van der Waals surface area contributed by atoms with E-state index in [0.29, 0.717) is 11.4 Å². The van der Waals surface area contributed by atoms with Gasteiger partial charge in [-0.2, -0.15) is 0 Å². The van der Waals surface area contributed by atoms with Gasteiger partial charge in [-0.05, 0) is 12.1 Å². The number of carbonyl (C=O) groups excluding carboxylic acids is 5. The molecule has 0 bridgehead atoms. The molecule has 1 saturated heterocycles. The molecule has 1 fully saturated rings. The summed E-state index contributed by atoms with van der Waals surface area (Å²) in [5.74, 6) is -2.04. The number of pyridine rings is 1. The molecule has 0 atom stereocenters. The number of ketones is 2. The number of rotatable bonds is 4. The molecule has 0 saturated carbocycles. The van der Waals surface area contributed by atoms with E-state index in [1.807, 2.05) is 0 Å². The molecule has 164 valence electrons. The number of nitrogens with zero attached hydrogens (tertiary/aromatic N) is 2. The summed E-state index contributed by atoms with van der Waals surface area (Å²) in [6.07, 6.45) is 1.67. The Morgan fingerprint density at radius 1 is 1.03 bits per heavy atom. The molecule has 10 nitrogen and oxygen atoms in total. The van der Waals surface area contributed by atoms with Gasteiger partial charge >= 0.3 is 6.03 Å². The monoisotopic (exact) mass is 444 g/mol. The molecule has 5 rings (SSSR count). The second-order valence-corrected chi connectivity index (χ2v) is 7.50. The minimum Gasteiger partial charge on any atom is -0.447 e. The lowest BCUT2D eigenvalue weighted by Crippen LogP contribution is -2.49. The van der Waals surface area contributed by atoms with Crippen molar-refractivity contribution in [1.82, 2.24) is 15.6 Å². The van der Waals surface area contributed by atoms with E-state index in [4.69, 9.17) is 4.42 Å². The van der Waals surface area contributed by atoms with Crippen LogP contribution in [0.5, 0.6) is 0 Å². The van der Waals surface area contributed by atoms with Crippen molar-refractivity contribution in [2.24, 2.45) is 0 Å². The second kappa shape index (κ2) is 7.83. The quantitative estimate of drug-likeness (QED) is 0.490. The number of anilines is 1. The van der Waals surface area contributed by atoms with Gasteiger partial charge < -0.3 is 9.73 Å². The van der Waals surface area contributed by atoms with Crippen molar-refractivity contribution in [1.29, 1.82) is 0 Å². The van der Waals surface area contributed by atoms with Crippen LogP contribution in [0.25, 0.3) is 0 Å². The molecule has 4 amide bonds. The minimum absolute atomic E-state index is 0.0529. The summed E-state index contributed by atoms with van der Waals surface area (Å²) in [5, 5.41) is 4.87. The van der Waals surface area contributed by atoms with Crippen LogP contribution in [0.3, 0.4) is 0 Å². The first-order valence-corrected chi connectivity index (χ1v) is 10.1. The summed E-state index contributed by atoms with van der Waals surface area (Å²) in [4.78, 5) is 66.7. The summed E-state index contributed by atoms with van der Waals surface area (Å²) >= 11 is 0. The van der Waals surface area contributed by atoms with Gasteiger partial charge in [-0.3, -0.25) is 34.4 Å². The Labute approximate surface area is 186 Å². The maximum absolute atomic E-state index is 12.7. The van der Waals surface area contributed by atoms with Crippen LogP contribution < -0.4 is 15.5 Å². The van der Waals surface area contributed by atoms with E-state index >= 15 is 0 Å². The molecule has 2 aromatic heterocycles. The van der Waals surface area contributed by atoms with Crippen LogP contribution in [0, 0.1) is 0 Å². The Morgan fingerprint density at radius 3 is 2.48 bits per heavy atom. The zero-order valence-corrected chi connectivity index (χ0v) is 17.1. The summed E-state index contributed by atoms with van der Waals surface area (Å²) in [6, 6.07) is 10.5. The number of imide groups is 1. The first kappa shape index (κ1) is 20.3. The van der Waals surface area contributed by atoms with Crippen molar-refractivity contribution in [2.75, 3.05) is 11.4 Å². The molecular formula is C23H16N4O6. The standard InChI is InChI=1S/C23H16N4O6/c28-18-7-8-27(23(32)26-18)13-6-5-12(24-11-13)10-25-22(31)17-9-16-19(29)14-3-1-2-4-15(14)20(30)21(16)33-17/h1-6,9,11H,7-8,10H2,(H,25,31)(H,26,28,32). The maximum atomic E-state index is 12.7. The highest BCUT2D eigenvalue weighted by molar-refractivity contribution is 6.27. The third-order valence-electron chi connectivity index (χ3n) is 5.43. The Hall–Kier alpha value is -4.60. The number of benzene rings is 1. The molecule has 0 spiro atoms. The van der Waals surface area contributed by atoms with Gasteiger partial charge in [0.1, 0.15) is 0 Å². The first-order valence-electron chi connectivity index (χ1n) is 10.1. The number of amides is 4. The summed E-state index contributed by atoms with van der Waals surface area (Å²) in [7, 11) is 0. The van der Waals surface area contributed by atoms with Crippen molar-refractivity contribution in [3.05, 3.63) is 82.6 Å². The molecule has 0 radical (unpaired) electrons. The second-order valence-electron chi connectivity index (χ2n) is 7.50. The number of nitrogens with one attached hydrogen (secondary N) is 2. The molecule has 1 aliphatic carbocycles. The molecule has 10 heteroatoms. The number of hydrogen-bond acceptors (Lipinski definition) is 7. The lowest BCUT2D eigenvalue weighted by molar-refractivity contribution is -0.120. The van der Waals surface area contributed by atoms with Crippen molar-refractivity contribution in [2.45, 2.75) is 13.0 Å². The van der Waals surface area contributed by atoms with Crippen LogP contribution in [-0.2, 0) is 11.3 Å². The third kappa shape index (κ3) is 3.57. The fraction of sp³-hybridized carbons (Fsp3) is 0.130. The maximum Gasteiger partial charge on any atom is 0.328 e. The van der Waals surface area contributed by atoms with Crippen LogP contribution in [0.15, 0.2) is 53.1 Å². The zero-order valence-electron chi connectivity index (χ0n) is 17.1. The van der Waals surface area contributed by atoms with Gasteiger partial charge in [0.15, 0.2) is 17.3 Å². The molecule has 1 aromatic carbocycles. The summed E-state index contributed by atoms with van der Waals surface area (Å²) in [6.45, 7) is 0.310. The predicted octanol–water partition coefficient (Wildman–Crippen LogP) is 1.83. The SMILES string of the molecule is O=C1CCN(c2ccc(CNC(=O)c3cc4c(o3)C(=O)c3ccccc3C4=O)nc2)C(=O)N1. The molecule has 2 aliphatic rings. The number of urea groups is 1. The van der Waals surface area contributed by atoms with Crippen LogP contribution in [-0.4, -0.2) is 40.9 Å². The van der Waals surface area contributed by atoms with E-state index in [1.54, 1.807) is 36.4 Å². The van der Waals surface area contributed by atoms with Crippen LogP contribution >= 0.6 is 0 Å². The van der Waals surface area contributed by atoms with Crippen molar-refractivity contribution >= 4 is 35.1 Å².